The lowest BCUT2D eigenvalue weighted by Crippen LogP contribution is -2.25. The Morgan fingerprint density at radius 1 is 1.38 bits per heavy atom. The molecule has 0 aromatic heterocycles. The van der Waals surface area contributed by atoms with Crippen LogP contribution in [0.3, 0.4) is 0 Å². The number of hydrogen-bond acceptors (Lipinski definition) is 2. The summed E-state index contributed by atoms with van der Waals surface area (Å²) in [6, 6.07) is 2.70. The van der Waals surface area contributed by atoms with Crippen LogP contribution in [0.2, 0.25) is 25.2 Å². The molecule has 0 aliphatic heterocycles. The maximum Gasteiger partial charge on any atom is 0.159 e. The lowest BCUT2D eigenvalue weighted by Gasteiger charge is -2.20. The number of ether oxygens (including phenoxy) is 1. The summed E-state index contributed by atoms with van der Waals surface area (Å²) < 4.78 is 4.96. The SMILES string of the molecule is COC(=S)CCC[Si](C)(C)CCBr. The van der Waals surface area contributed by atoms with Crippen molar-refractivity contribution >= 4 is 41.3 Å². The van der Waals surface area contributed by atoms with Crippen molar-refractivity contribution in [2.75, 3.05) is 12.4 Å². The van der Waals surface area contributed by atoms with Crippen LogP contribution in [0.1, 0.15) is 12.8 Å². The highest BCUT2D eigenvalue weighted by atomic mass is 79.9. The largest absolute Gasteiger partial charge is 0.490 e. The monoisotopic (exact) mass is 282 g/mol. The second kappa shape index (κ2) is 6.96. The zero-order valence-electron chi connectivity index (χ0n) is 8.73. The minimum Gasteiger partial charge on any atom is -0.490 e. The van der Waals surface area contributed by atoms with E-state index in [-0.39, 0.29) is 0 Å². The van der Waals surface area contributed by atoms with Gasteiger partial charge in [0.15, 0.2) is 5.05 Å². The average molecular weight is 283 g/mol. The van der Waals surface area contributed by atoms with Crippen molar-refractivity contribution in [2.24, 2.45) is 0 Å². The van der Waals surface area contributed by atoms with Crippen LogP contribution in [0.25, 0.3) is 0 Å². The van der Waals surface area contributed by atoms with Gasteiger partial charge in [-0.05, 0) is 24.7 Å². The van der Waals surface area contributed by atoms with Crippen molar-refractivity contribution in [2.45, 2.75) is 38.0 Å². The topological polar surface area (TPSA) is 9.23 Å². The Bertz CT molecular complexity index is 162. The fraction of sp³-hybridized carbons (Fsp3) is 0.889. The first-order valence-electron chi connectivity index (χ1n) is 4.64. The van der Waals surface area contributed by atoms with E-state index in [1.165, 1.54) is 18.5 Å². The first-order chi connectivity index (χ1) is 6.02. The van der Waals surface area contributed by atoms with Crippen LogP contribution < -0.4 is 0 Å². The minimum atomic E-state index is -0.945. The summed E-state index contributed by atoms with van der Waals surface area (Å²) in [7, 11) is 0.711. The highest BCUT2D eigenvalue weighted by molar-refractivity contribution is 9.09. The zero-order valence-corrected chi connectivity index (χ0v) is 12.1. The van der Waals surface area contributed by atoms with Crippen molar-refractivity contribution in [3.05, 3.63) is 0 Å². The molecule has 0 rings (SSSR count). The number of alkyl halides is 1. The number of hydrogen-bond donors (Lipinski definition) is 0. The molecule has 1 nitrogen and oxygen atoms in total. The number of thiocarbonyl (C=S) groups is 1. The van der Waals surface area contributed by atoms with Crippen LogP contribution in [0.15, 0.2) is 0 Å². The first kappa shape index (κ1) is 13.6. The molecule has 0 unspecified atom stereocenters. The molecule has 0 amide bonds. The van der Waals surface area contributed by atoms with Gasteiger partial charge in [-0.1, -0.05) is 35.1 Å². The molecule has 0 spiro atoms. The van der Waals surface area contributed by atoms with Gasteiger partial charge in [-0.15, -0.1) is 0 Å². The molecule has 0 bridgehead atoms. The summed E-state index contributed by atoms with van der Waals surface area (Å²) in [5, 5.41) is 1.89. The van der Waals surface area contributed by atoms with Gasteiger partial charge in [0.05, 0.1) is 7.11 Å². The van der Waals surface area contributed by atoms with Gasteiger partial charge in [0.2, 0.25) is 0 Å². The smallest absolute Gasteiger partial charge is 0.159 e. The molecule has 78 valence electrons. The highest BCUT2D eigenvalue weighted by Crippen LogP contribution is 2.19. The van der Waals surface area contributed by atoms with Crippen LogP contribution in [0.4, 0.5) is 0 Å². The zero-order chi connectivity index (χ0) is 10.3. The molecule has 0 aromatic rings. The lowest BCUT2D eigenvalue weighted by molar-refractivity contribution is 0.401. The van der Waals surface area contributed by atoms with E-state index in [9.17, 15) is 0 Å². The summed E-state index contributed by atoms with van der Waals surface area (Å²) in [4.78, 5) is 0. The van der Waals surface area contributed by atoms with Crippen molar-refractivity contribution < 1.29 is 4.74 Å². The average Bonchev–Trinajstić information content (AvgIpc) is 2.03. The Kier molecular flexibility index (Phi) is 7.27. The summed E-state index contributed by atoms with van der Waals surface area (Å²) in [5.74, 6) is 0. The van der Waals surface area contributed by atoms with E-state index in [0.29, 0.717) is 0 Å². The van der Waals surface area contributed by atoms with E-state index < -0.39 is 8.07 Å². The maximum absolute atomic E-state index is 4.99. The van der Waals surface area contributed by atoms with Crippen LogP contribution in [-0.2, 0) is 4.74 Å². The molecule has 0 aromatic carbocycles. The van der Waals surface area contributed by atoms with Crippen molar-refractivity contribution in [3.63, 3.8) is 0 Å². The Hall–Kier alpha value is 0.587. The summed E-state index contributed by atoms with van der Waals surface area (Å²) in [5.41, 5.74) is 0. The lowest BCUT2D eigenvalue weighted by atomic mass is 10.4. The molecule has 13 heavy (non-hydrogen) atoms. The second-order valence-electron chi connectivity index (χ2n) is 4.03. The highest BCUT2D eigenvalue weighted by Gasteiger charge is 2.18. The third kappa shape index (κ3) is 7.64. The molecule has 0 radical (unpaired) electrons. The molecular formula is C9H19BrOSSi. The predicted molar refractivity (Wildman–Crippen MR) is 69.7 cm³/mol. The summed E-state index contributed by atoms with van der Waals surface area (Å²) in [6.45, 7) is 4.87. The van der Waals surface area contributed by atoms with Gasteiger partial charge in [-0.25, -0.2) is 0 Å². The van der Waals surface area contributed by atoms with Gasteiger partial charge < -0.3 is 4.74 Å². The van der Waals surface area contributed by atoms with E-state index in [2.05, 4.69) is 29.0 Å². The fourth-order valence-electron chi connectivity index (χ4n) is 1.19. The van der Waals surface area contributed by atoms with E-state index >= 15 is 0 Å². The third-order valence-electron chi connectivity index (χ3n) is 2.23. The number of halogens is 1. The van der Waals surface area contributed by atoms with E-state index in [4.69, 9.17) is 17.0 Å². The van der Waals surface area contributed by atoms with Gasteiger partial charge in [-0.2, -0.15) is 0 Å². The maximum atomic E-state index is 4.99. The van der Waals surface area contributed by atoms with Crippen LogP contribution in [0.5, 0.6) is 0 Å². The Labute approximate surface area is 96.4 Å². The van der Waals surface area contributed by atoms with E-state index in [1.54, 1.807) is 7.11 Å². The van der Waals surface area contributed by atoms with Gasteiger partial charge in [0.1, 0.15) is 0 Å². The standard InChI is InChI=1S/C9H19BrOSSi/c1-11-9(12)5-4-7-13(2,3)8-6-10/h4-8H2,1-3H3. The quantitative estimate of drug-likeness (QED) is 0.416. The molecule has 0 aliphatic rings. The van der Waals surface area contributed by atoms with E-state index in [0.717, 1.165) is 16.8 Å². The van der Waals surface area contributed by atoms with Crippen LogP contribution in [0, 0.1) is 0 Å². The fourth-order valence-corrected chi connectivity index (χ4v) is 6.45. The summed E-state index contributed by atoms with van der Waals surface area (Å²) >= 11 is 8.50. The minimum absolute atomic E-state index is 0.753. The van der Waals surface area contributed by atoms with E-state index in [1.807, 2.05) is 0 Å². The molecule has 0 atom stereocenters. The van der Waals surface area contributed by atoms with Crippen molar-refractivity contribution in [1.82, 2.24) is 0 Å². The van der Waals surface area contributed by atoms with Crippen molar-refractivity contribution in [1.29, 1.82) is 0 Å². The molecule has 0 saturated heterocycles. The Balaban J connectivity index is 3.56. The first-order valence-corrected chi connectivity index (χ1v) is 9.59. The van der Waals surface area contributed by atoms with Crippen molar-refractivity contribution in [3.8, 4) is 0 Å². The Morgan fingerprint density at radius 2 is 2.00 bits per heavy atom. The molecule has 0 saturated carbocycles. The van der Waals surface area contributed by atoms with Gasteiger partial charge in [0, 0.05) is 19.8 Å². The normalized spacial score (nSPS) is 11.4. The number of methoxy groups -OCH3 is 1. The molecule has 0 N–H and O–H groups in total. The molecule has 4 heteroatoms. The summed E-state index contributed by atoms with van der Waals surface area (Å²) in [6.07, 6.45) is 2.14. The third-order valence-corrected chi connectivity index (χ3v) is 7.04. The molecule has 0 fully saturated rings. The van der Waals surface area contributed by atoms with Gasteiger partial charge >= 0.3 is 0 Å². The molecule has 0 aliphatic carbocycles. The van der Waals surface area contributed by atoms with Crippen LogP contribution >= 0.6 is 28.1 Å². The molecular weight excluding hydrogens is 264 g/mol. The number of rotatable bonds is 6. The second-order valence-corrected chi connectivity index (χ2v) is 10.6. The molecule has 0 heterocycles. The van der Waals surface area contributed by atoms with Gasteiger partial charge in [-0.3, -0.25) is 0 Å². The predicted octanol–water partition coefficient (Wildman–Crippen LogP) is 3.84. The Morgan fingerprint density at radius 3 is 2.46 bits per heavy atom. The van der Waals surface area contributed by atoms with Gasteiger partial charge in [0.25, 0.3) is 0 Å². The van der Waals surface area contributed by atoms with Crippen LogP contribution in [-0.4, -0.2) is 25.6 Å².